The van der Waals surface area contributed by atoms with Crippen LogP contribution in [0.3, 0.4) is 0 Å². The first kappa shape index (κ1) is 28.7. The van der Waals surface area contributed by atoms with Gasteiger partial charge < -0.3 is 49.2 Å². The van der Waals surface area contributed by atoms with Crippen LogP contribution in [0.1, 0.15) is 18.9 Å². The van der Waals surface area contributed by atoms with E-state index in [9.17, 15) is 30.0 Å². The number of benzene rings is 1. The molecule has 37 heavy (non-hydrogen) atoms. The minimum Gasteiger partial charge on any atom is -0.468 e. The lowest BCUT2D eigenvalue weighted by Gasteiger charge is -2.41. The van der Waals surface area contributed by atoms with Gasteiger partial charge in [-0.3, -0.25) is 4.79 Å². The minimum atomic E-state index is -1.68. The molecule has 12 heteroatoms. The molecule has 0 radical (unpaired) electrons. The lowest BCUT2D eigenvalue weighted by atomic mass is 9.86. The number of hydrogen-bond acceptors (Lipinski definition) is 12. The van der Waals surface area contributed by atoms with Gasteiger partial charge in [0.05, 0.1) is 32.0 Å². The first-order chi connectivity index (χ1) is 17.7. The molecule has 5 N–H and O–H groups in total. The third-order valence-electron chi connectivity index (χ3n) is 6.16. The summed E-state index contributed by atoms with van der Waals surface area (Å²) in [6, 6.07) is 6.61. The summed E-state index contributed by atoms with van der Waals surface area (Å²) in [6.45, 7) is 0.972. The molecule has 0 amide bonds. The van der Waals surface area contributed by atoms with Crippen LogP contribution in [-0.4, -0.2) is 94.8 Å². The molecule has 0 saturated carbocycles. The van der Waals surface area contributed by atoms with Crippen LogP contribution in [-0.2, 0) is 35.0 Å². The maximum atomic E-state index is 12.8. The molecule has 1 fully saturated rings. The van der Waals surface area contributed by atoms with Crippen molar-refractivity contribution < 1.29 is 58.8 Å². The molecular weight excluding hydrogens is 492 g/mol. The summed E-state index contributed by atoms with van der Waals surface area (Å²) >= 11 is 0. The molecule has 1 aromatic rings. The molecule has 0 spiro atoms. The predicted octanol–water partition coefficient (Wildman–Crippen LogP) is -0.691. The quantitative estimate of drug-likeness (QED) is 0.156. The molecule has 2 heterocycles. The van der Waals surface area contributed by atoms with Gasteiger partial charge in [-0.1, -0.05) is 18.2 Å². The van der Waals surface area contributed by atoms with E-state index in [0.717, 1.165) is 11.8 Å². The highest BCUT2D eigenvalue weighted by atomic mass is 16.8. The van der Waals surface area contributed by atoms with E-state index in [4.69, 9.17) is 28.8 Å². The van der Waals surface area contributed by atoms with Gasteiger partial charge in [-0.2, -0.15) is 0 Å². The van der Waals surface area contributed by atoms with Gasteiger partial charge in [0.1, 0.15) is 30.2 Å². The largest absolute Gasteiger partial charge is 0.468 e. The summed E-state index contributed by atoms with van der Waals surface area (Å²) in [6.07, 6.45) is -6.06. The molecule has 7 unspecified atom stereocenters. The Morgan fingerprint density at radius 2 is 1.76 bits per heavy atom. The fraction of sp³-hybridized carbons (Fsp3) is 0.520. The average Bonchev–Trinajstić information content (AvgIpc) is 2.90. The van der Waals surface area contributed by atoms with E-state index >= 15 is 0 Å². The lowest BCUT2D eigenvalue weighted by molar-refractivity contribution is -0.327. The molecule has 0 bridgehead atoms. The summed E-state index contributed by atoms with van der Waals surface area (Å²) < 4.78 is 26.9. The Balaban J connectivity index is 1.78. The third-order valence-corrected chi connectivity index (χ3v) is 6.16. The van der Waals surface area contributed by atoms with Gasteiger partial charge in [0.15, 0.2) is 6.29 Å². The van der Waals surface area contributed by atoms with E-state index in [1.165, 1.54) is 7.11 Å². The zero-order valence-electron chi connectivity index (χ0n) is 20.4. The SMILES string of the molecule is CC=C1C(OC2OC(CO)C(O)C(O)C2O)OC=C(C(=O)OC)C1CC(=O)Oc1ccc(CCO)cc1. The Hall–Kier alpha value is -2.84. The number of aliphatic hydroxyl groups excluding tert-OH is 5. The molecule has 2 aliphatic rings. The lowest BCUT2D eigenvalue weighted by Crippen LogP contribution is -2.60. The highest BCUT2D eigenvalue weighted by molar-refractivity contribution is 5.91. The summed E-state index contributed by atoms with van der Waals surface area (Å²) in [4.78, 5) is 25.2. The number of ether oxygens (including phenoxy) is 5. The Labute approximate surface area is 213 Å². The van der Waals surface area contributed by atoms with Crippen molar-refractivity contribution >= 4 is 11.9 Å². The number of hydrogen-bond donors (Lipinski definition) is 5. The van der Waals surface area contributed by atoms with Gasteiger partial charge in [0.2, 0.25) is 6.29 Å². The zero-order chi connectivity index (χ0) is 27.1. The van der Waals surface area contributed by atoms with Crippen LogP contribution >= 0.6 is 0 Å². The molecular formula is C25H32O12. The van der Waals surface area contributed by atoms with Gasteiger partial charge in [-0.25, -0.2) is 4.79 Å². The topological polar surface area (TPSA) is 181 Å². The summed E-state index contributed by atoms with van der Waals surface area (Å²) in [5, 5.41) is 48.8. The molecule has 7 atom stereocenters. The standard InChI is InChI=1S/C25H32O12/c1-3-15-16(10-19(28)35-14-6-4-13(5-7-14)8-9-26)17(23(32)33-2)12-34-24(15)37-25-22(31)21(30)20(29)18(11-27)36-25/h3-7,12,16,18,20-22,24-27,29-31H,8-11H2,1-2H3. The van der Waals surface area contributed by atoms with E-state index in [0.29, 0.717) is 12.0 Å². The summed E-state index contributed by atoms with van der Waals surface area (Å²) in [5.74, 6) is -2.01. The van der Waals surface area contributed by atoms with Crippen LogP contribution in [0.5, 0.6) is 5.75 Å². The van der Waals surface area contributed by atoms with Gasteiger partial charge in [0, 0.05) is 18.1 Å². The van der Waals surface area contributed by atoms with Crippen LogP contribution in [0.15, 0.2) is 47.7 Å². The fourth-order valence-electron chi connectivity index (χ4n) is 4.12. The third kappa shape index (κ3) is 6.73. The maximum absolute atomic E-state index is 12.8. The fourth-order valence-corrected chi connectivity index (χ4v) is 4.12. The van der Waals surface area contributed by atoms with Gasteiger partial charge in [0.25, 0.3) is 0 Å². The number of esters is 2. The van der Waals surface area contributed by atoms with E-state index in [-0.39, 0.29) is 24.4 Å². The van der Waals surface area contributed by atoms with Crippen LogP contribution < -0.4 is 4.74 Å². The van der Waals surface area contributed by atoms with E-state index in [1.807, 2.05) is 0 Å². The summed E-state index contributed by atoms with van der Waals surface area (Å²) in [7, 11) is 1.18. The number of carbonyl (C=O) groups excluding carboxylic acids is 2. The molecule has 0 aromatic heterocycles. The molecule has 0 aliphatic carbocycles. The van der Waals surface area contributed by atoms with Gasteiger partial charge >= 0.3 is 11.9 Å². The smallest absolute Gasteiger partial charge is 0.337 e. The number of methoxy groups -OCH3 is 1. The number of carbonyl (C=O) groups is 2. The maximum Gasteiger partial charge on any atom is 0.337 e. The highest BCUT2D eigenvalue weighted by Gasteiger charge is 2.46. The van der Waals surface area contributed by atoms with Crippen LogP contribution in [0, 0.1) is 5.92 Å². The summed E-state index contributed by atoms with van der Waals surface area (Å²) in [5.41, 5.74) is 1.21. The van der Waals surface area contributed by atoms with Crippen molar-refractivity contribution in [2.75, 3.05) is 20.3 Å². The van der Waals surface area contributed by atoms with Crippen LogP contribution in [0.25, 0.3) is 0 Å². The molecule has 3 rings (SSSR count). The number of rotatable bonds is 9. The number of aliphatic hydroxyl groups is 5. The normalized spacial score (nSPS) is 30.8. The van der Waals surface area contributed by atoms with Crippen molar-refractivity contribution in [2.24, 2.45) is 5.92 Å². The highest BCUT2D eigenvalue weighted by Crippen LogP contribution is 2.36. The van der Waals surface area contributed by atoms with Crippen molar-refractivity contribution in [3.05, 3.63) is 53.3 Å². The monoisotopic (exact) mass is 524 g/mol. The first-order valence-electron chi connectivity index (χ1n) is 11.7. The average molecular weight is 525 g/mol. The zero-order valence-corrected chi connectivity index (χ0v) is 20.4. The molecule has 1 aromatic carbocycles. The van der Waals surface area contributed by atoms with Gasteiger partial charge in [-0.15, -0.1) is 0 Å². The van der Waals surface area contributed by atoms with Crippen molar-refractivity contribution in [3.8, 4) is 5.75 Å². The van der Waals surface area contributed by atoms with Crippen LogP contribution in [0.4, 0.5) is 0 Å². The van der Waals surface area contributed by atoms with E-state index in [2.05, 4.69) is 0 Å². The Morgan fingerprint density at radius 1 is 1.05 bits per heavy atom. The second-order valence-electron chi connectivity index (χ2n) is 8.50. The predicted molar refractivity (Wildman–Crippen MR) is 125 cm³/mol. The number of allylic oxidation sites excluding steroid dienone is 1. The second kappa shape index (κ2) is 13.1. The second-order valence-corrected chi connectivity index (χ2v) is 8.50. The van der Waals surface area contributed by atoms with Crippen LogP contribution in [0.2, 0.25) is 0 Å². The molecule has 12 nitrogen and oxygen atoms in total. The Morgan fingerprint density at radius 3 is 2.35 bits per heavy atom. The Bertz CT molecular complexity index is 986. The van der Waals surface area contributed by atoms with Crippen molar-refractivity contribution in [1.29, 1.82) is 0 Å². The Kier molecular flexibility index (Phi) is 10.2. The molecule has 204 valence electrons. The van der Waals surface area contributed by atoms with E-state index < -0.39 is 61.5 Å². The molecule has 1 saturated heterocycles. The molecule has 2 aliphatic heterocycles. The van der Waals surface area contributed by atoms with Crippen molar-refractivity contribution in [3.63, 3.8) is 0 Å². The van der Waals surface area contributed by atoms with Gasteiger partial charge in [-0.05, 0) is 31.0 Å². The van der Waals surface area contributed by atoms with E-state index in [1.54, 1.807) is 37.3 Å². The van der Waals surface area contributed by atoms with Crippen molar-refractivity contribution in [1.82, 2.24) is 0 Å². The minimum absolute atomic E-state index is 0.00991. The first-order valence-corrected chi connectivity index (χ1v) is 11.7. The van der Waals surface area contributed by atoms with Crippen molar-refractivity contribution in [2.45, 2.75) is 56.8 Å².